The highest BCUT2D eigenvalue weighted by Crippen LogP contribution is 2.18. The lowest BCUT2D eigenvalue weighted by Crippen LogP contribution is -2.42. The molecule has 0 saturated heterocycles. The molecule has 0 aliphatic carbocycles. The van der Waals surface area contributed by atoms with Crippen LogP contribution < -0.4 is 4.72 Å². The van der Waals surface area contributed by atoms with E-state index in [9.17, 15) is 13.2 Å². The van der Waals surface area contributed by atoms with Gasteiger partial charge in [-0.3, -0.25) is 4.79 Å². The van der Waals surface area contributed by atoms with Crippen molar-refractivity contribution < 1.29 is 13.2 Å². The maximum Gasteiger partial charge on any atom is 0.241 e. The monoisotopic (exact) mass is 408 g/mol. The molecule has 2 aromatic rings. The van der Waals surface area contributed by atoms with Gasteiger partial charge >= 0.3 is 0 Å². The average molecular weight is 409 g/mol. The first-order valence-corrected chi connectivity index (χ1v) is 9.83. The second-order valence-corrected chi connectivity index (χ2v) is 8.30. The van der Waals surface area contributed by atoms with Gasteiger partial charge in [-0.05, 0) is 41.8 Å². The first-order chi connectivity index (χ1) is 11.5. The predicted octanol–water partition coefficient (Wildman–Crippen LogP) is 2.31. The van der Waals surface area contributed by atoms with Crippen LogP contribution in [0.5, 0.6) is 0 Å². The molecule has 0 fully saturated rings. The predicted molar refractivity (Wildman–Crippen MR) is 94.9 cm³/mol. The molecule has 0 radical (unpaired) electrons. The number of sulfonamides is 1. The quantitative estimate of drug-likeness (QED) is 0.843. The van der Waals surface area contributed by atoms with E-state index in [1.54, 1.807) is 17.0 Å². The van der Waals surface area contributed by atoms with Gasteiger partial charge in [-0.15, -0.1) is 0 Å². The van der Waals surface area contributed by atoms with E-state index in [2.05, 4.69) is 26.7 Å². The molecule has 3 rings (SSSR count). The molecule has 1 heterocycles. The highest BCUT2D eigenvalue weighted by molar-refractivity contribution is 9.10. The molecule has 5 nitrogen and oxygen atoms in total. The van der Waals surface area contributed by atoms with Gasteiger partial charge in [0.1, 0.15) is 0 Å². The average Bonchev–Trinajstić information content (AvgIpc) is 2.59. The molecule has 0 saturated carbocycles. The summed E-state index contributed by atoms with van der Waals surface area (Å²) in [4.78, 5) is 14.2. The van der Waals surface area contributed by atoms with Crippen LogP contribution in [0.1, 0.15) is 11.1 Å². The largest absolute Gasteiger partial charge is 0.337 e. The van der Waals surface area contributed by atoms with E-state index in [0.717, 1.165) is 16.5 Å². The van der Waals surface area contributed by atoms with Crippen LogP contribution in [-0.4, -0.2) is 32.3 Å². The maximum absolute atomic E-state index is 12.3. The summed E-state index contributed by atoms with van der Waals surface area (Å²) in [6.07, 6.45) is 0.793. The zero-order valence-corrected chi connectivity index (χ0v) is 15.3. The third-order valence-electron chi connectivity index (χ3n) is 4.02. The summed E-state index contributed by atoms with van der Waals surface area (Å²) in [5, 5.41) is 0. The zero-order chi connectivity index (χ0) is 17.2. The first-order valence-electron chi connectivity index (χ1n) is 7.55. The Morgan fingerprint density at radius 3 is 2.46 bits per heavy atom. The normalized spacial score (nSPS) is 14.3. The Morgan fingerprint density at radius 2 is 1.75 bits per heavy atom. The molecule has 2 aromatic carbocycles. The fourth-order valence-electron chi connectivity index (χ4n) is 2.67. The number of nitrogens with zero attached hydrogens (tertiary/aromatic N) is 1. The molecule has 1 aliphatic rings. The van der Waals surface area contributed by atoms with Gasteiger partial charge in [0.05, 0.1) is 11.4 Å². The van der Waals surface area contributed by atoms with Crippen molar-refractivity contribution in [1.29, 1.82) is 0 Å². The lowest BCUT2D eigenvalue weighted by molar-refractivity contribution is -0.130. The van der Waals surface area contributed by atoms with Crippen LogP contribution in [0.2, 0.25) is 0 Å². The summed E-state index contributed by atoms with van der Waals surface area (Å²) in [5.41, 5.74) is 2.37. The molecule has 0 aromatic heterocycles. The number of carbonyl (C=O) groups excluding carboxylic acids is 1. The van der Waals surface area contributed by atoms with Crippen molar-refractivity contribution >= 4 is 31.9 Å². The molecule has 0 spiro atoms. The van der Waals surface area contributed by atoms with Crippen molar-refractivity contribution in [2.24, 2.45) is 0 Å². The SMILES string of the molecule is O=C(CNS(=O)(=O)c1ccc(Br)cc1)N1CCc2ccccc2C1. The van der Waals surface area contributed by atoms with Crippen LogP contribution in [-0.2, 0) is 27.8 Å². The second kappa shape index (κ2) is 7.04. The van der Waals surface area contributed by atoms with Crippen molar-refractivity contribution in [2.75, 3.05) is 13.1 Å². The van der Waals surface area contributed by atoms with Crippen LogP contribution in [0.4, 0.5) is 0 Å². The van der Waals surface area contributed by atoms with Gasteiger partial charge in [-0.25, -0.2) is 13.1 Å². The van der Waals surface area contributed by atoms with E-state index >= 15 is 0 Å². The number of hydrogen-bond acceptors (Lipinski definition) is 3. The van der Waals surface area contributed by atoms with Crippen molar-refractivity contribution in [3.05, 3.63) is 64.1 Å². The highest BCUT2D eigenvalue weighted by atomic mass is 79.9. The van der Waals surface area contributed by atoms with Gasteiger partial charge < -0.3 is 4.90 Å². The summed E-state index contributed by atoms with van der Waals surface area (Å²) in [7, 11) is -3.69. The Balaban J connectivity index is 1.63. The Labute approximate surface area is 149 Å². The number of nitrogens with one attached hydrogen (secondary N) is 1. The van der Waals surface area contributed by atoms with Gasteiger partial charge in [-0.2, -0.15) is 0 Å². The maximum atomic E-state index is 12.3. The molecule has 0 atom stereocenters. The lowest BCUT2D eigenvalue weighted by atomic mass is 10.00. The van der Waals surface area contributed by atoms with Gasteiger partial charge in [0, 0.05) is 17.6 Å². The molecule has 1 N–H and O–H groups in total. The van der Waals surface area contributed by atoms with Crippen LogP contribution in [0.3, 0.4) is 0 Å². The van der Waals surface area contributed by atoms with Gasteiger partial charge in [0.15, 0.2) is 0 Å². The molecule has 24 heavy (non-hydrogen) atoms. The van der Waals surface area contributed by atoms with E-state index in [0.29, 0.717) is 13.1 Å². The Kier molecular flexibility index (Phi) is 5.03. The highest BCUT2D eigenvalue weighted by Gasteiger charge is 2.22. The number of fused-ring (bicyclic) bond motifs is 1. The van der Waals surface area contributed by atoms with Crippen LogP contribution in [0.15, 0.2) is 57.9 Å². The molecular weight excluding hydrogens is 392 g/mol. The van der Waals surface area contributed by atoms with E-state index in [-0.39, 0.29) is 17.3 Å². The van der Waals surface area contributed by atoms with E-state index < -0.39 is 10.0 Å². The van der Waals surface area contributed by atoms with Crippen LogP contribution in [0.25, 0.3) is 0 Å². The molecule has 0 unspecified atom stereocenters. The lowest BCUT2D eigenvalue weighted by Gasteiger charge is -2.29. The molecule has 1 aliphatic heterocycles. The number of carbonyl (C=O) groups is 1. The summed E-state index contributed by atoms with van der Waals surface area (Å²) in [6.45, 7) is 0.894. The number of rotatable bonds is 4. The first kappa shape index (κ1) is 17.1. The topological polar surface area (TPSA) is 66.5 Å². The zero-order valence-electron chi connectivity index (χ0n) is 12.9. The molecule has 7 heteroatoms. The Morgan fingerprint density at radius 1 is 1.08 bits per heavy atom. The summed E-state index contributed by atoms with van der Waals surface area (Å²) < 4.78 is 27.6. The van der Waals surface area contributed by atoms with Gasteiger partial charge in [-0.1, -0.05) is 40.2 Å². The van der Waals surface area contributed by atoms with Gasteiger partial charge in [0.2, 0.25) is 15.9 Å². The Hall–Kier alpha value is -1.70. The van der Waals surface area contributed by atoms with Crippen molar-refractivity contribution in [3.63, 3.8) is 0 Å². The fourth-order valence-corrected chi connectivity index (χ4v) is 3.91. The fraction of sp³-hybridized carbons (Fsp3) is 0.235. The van der Waals surface area contributed by atoms with Gasteiger partial charge in [0.25, 0.3) is 0 Å². The third-order valence-corrected chi connectivity index (χ3v) is 5.97. The Bertz CT molecular complexity index is 850. The van der Waals surface area contributed by atoms with E-state index in [4.69, 9.17) is 0 Å². The smallest absolute Gasteiger partial charge is 0.241 e. The number of halogens is 1. The van der Waals surface area contributed by atoms with Crippen LogP contribution in [0, 0.1) is 0 Å². The molecular formula is C17H17BrN2O3S. The summed E-state index contributed by atoms with van der Waals surface area (Å²) >= 11 is 3.26. The summed E-state index contributed by atoms with van der Waals surface area (Å²) in [5.74, 6) is -0.217. The number of amides is 1. The van der Waals surface area contributed by atoms with Crippen molar-refractivity contribution in [3.8, 4) is 0 Å². The van der Waals surface area contributed by atoms with E-state index in [1.165, 1.54) is 17.7 Å². The minimum Gasteiger partial charge on any atom is -0.337 e. The standard InChI is InChI=1S/C17H17BrN2O3S/c18-15-5-7-16(8-6-15)24(22,23)19-11-17(21)20-10-9-13-3-1-2-4-14(13)12-20/h1-8,19H,9-12H2. The second-order valence-electron chi connectivity index (χ2n) is 5.61. The molecule has 0 bridgehead atoms. The minimum atomic E-state index is -3.69. The van der Waals surface area contributed by atoms with Crippen LogP contribution >= 0.6 is 15.9 Å². The van der Waals surface area contributed by atoms with Crippen molar-refractivity contribution in [1.82, 2.24) is 9.62 Å². The molecule has 1 amide bonds. The minimum absolute atomic E-state index is 0.141. The van der Waals surface area contributed by atoms with Crippen molar-refractivity contribution in [2.45, 2.75) is 17.9 Å². The third kappa shape index (κ3) is 3.85. The van der Waals surface area contributed by atoms with E-state index in [1.807, 2.05) is 18.2 Å². The molecule has 126 valence electrons. The number of benzene rings is 2. The number of hydrogen-bond donors (Lipinski definition) is 1. The summed E-state index contributed by atoms with van der Waals surface area (Å²) in [6, 6.07) is 14.3.